The van der Waals surface area contributed by atoms with Gasteiger partial charge in [-0.3, -0.25) is 4.79 Å². The number of carbonyl (C=O) groups excluding carboxylic acids is 1. The fourth-order valence-corrected chi connectivity index (χ4v) is 1.54. The van der Waals surface area contributed by atoms with Gasteiger partial charge >= 0.3 is 0 Å². The summed E-state index contributed by atoms with van der Waals surface area (Å²) >= 11 is 0. The zero-order valence-corrected chi connectivity index (χ0v) is 11.1. The zero-order chi connectivity index (χ0) is 13.5. The first-order chi connectivity index (χ1) is 8.60. The van der Waals surface area contributed by atoms with Gasteiger partial charge in [-0.2, -0.15) is 0 Å². The Hall–Kier alpha value is -1.62. The van der Waals surface area contributed by atoms with E-state index in [0.29, 0.717) is 17.9 Å². The Balaban J connectivity index is 2.70. The first-order valence-electron chi connectivity index (χ1n) is 6.19. The van der Waals surface area contributed by atoms with Crippen molar-refractivity contribution in [2.24, 2.45) is 5.92 Å². The minimum absolute atomic E-state index is 0.191. The Labute approximate surface area is 108 Å². The van der Waals surface area contributed by atoms with Crippen molar-refractivity contribution in [1.29, 1.82) is 0 Å². The van der Waals surface area contributed by atoms with Gasteiger partial charge in [-0.25, -0.2) is 4.98 Å². The molecule has 3 N–H and O–H groups in total. The maximum absolute atomic E-state index is 11.6. The zero-order valence-electron chi connectivity index (χ0n) is 11.1. The normalized spacial score (nSPS) is 13.8. The van der Waals surface area contributed by atoms with Crippen molar-refractivity contribution in [1.82, 2.24) is 10.3 Å². The number of rotatable bonds is 6. The standard InChI is InChI=1S/C13H21N3O2/c1-4-9(2)11(17)8-16-12-10(13(18)14-3)6-5-7-15-12/h5-7,9,11,17H,4,8H2,1-3H3,(H,14,18)(H,15,16). The molecule has 1 amide bonds. The second-order valence-corrected chi connectivity index (χ2v) is 4.31. The lowest BCUT2D eigenvalue weighted by Gasteiger charge is -2.18. The van der Waals surface area contributed by atoms with E-state index < -0.39 is 6.10 Å². The molecule has 1 rings (SSSR count). The topological polar surface area (TPSA) is 74.2 Å². The molecular formula is C13H21N3O2. The lowest BCUT2D eigenvalue weighted by molar-refractivity contribution is 0.0963. The van der Waals surface area contributed by atoms with Gasteiger partial charge in [-0.05, 0) is 18.1 Å². The number of hydrogen-bond donors (Lipinski definition) is 3. The third kappa shape index (κ3) is 3.70. The summed E-state index contributed by atoms with van der Waals surface area (Å²) in [4.78, 5) is 15.7. The number of nitrogens with zero attached hydrogens (tertiary/aromatic N) is 1. The Kier molecular flexibility index (Phi) is 5.58. The van der Waals surface area contributed by atoms with Crippen LogP contribution in [0.2, 0.25) is 0 Å². The van der Waals surface area contributed by atoms with Crippen molar-refractivity contribution < 1.29 is 9.90 Å². The molecule has 0 aromatic carbocycles. The summed E-state index contributed by atoms with van der Waals surface area (Å²) in [6.07, 6.45) is 2.08. The number of pyridine rings is 1. The van der Waals surface area contributed by atoms with Gasteiger partial charge in [0.25, 0.3) is 5.91 Å². The quantitative estimate of drug-likeness (QED) is 0.711. The molecule has 2 unspecified atom stereocenters. The van der Waals surface area contributed by atoms with Crippen LogP contribution in [-0.2, 0) is 0 Å². The monoisotopic (exact) mass is 251 g/mol. The molecule has 1 heterocycles. The second kappa shape index (κ2) is 6.96. The van der Waals surface area contributed by atoms with Gasteiger partial charge in [0.15, 0.2) is 0 Å². The van der Waals surface area contributed by atoms with Crippen LogP contribution in [0.25, 0.3) is 0 Å². The van der Waals surface area contributed by atoms with Gasteiger partial charge in [0.2, 0.25) is 0 Å². The molecule has 18 heavy (non-hydrogen) atoms. The molecule has 0 aliphatic heterocycles. The molecule has 0 aliphatic carbocycles. The van der Waals surface area contributed by atoms with Crippen molar-refractivity contribution in [2.45, 2.75) is 26.4 Å². The van der Waals surface area contributed by atoms with Gasteiger partial charge in [0.05, 0.1) is 11.7 Å². The van der Waals surface area contributed by atoms with E-state index in [2.05, 4.69) is 15.6 Å². The van der Waals surface area contributed by atoms with Crippen LogP contribution in [0.15, 0.2) is 18.3 Å². The molecule has 100 valence electrons. The molecule has 0 fully saturated rings. The largest absolute Gasteiger partial charge is 0.391 e. The Morgan fingerprint density at radius 2 is 2.28 bits per heavy atom. The van der Waals surface area contributed by atoms with E-state index in [4.69, 9.17) is 0 Å². The molecule has 0 spiro atoms. The van der Waals surface area contributed by atoms with Crippen LogP contribution in [0.3, 0.4) is 0 Å². The summed E-state index contributed by atoms with van der Waals surface area (Å²) in [7, 11) is 1.58. The number of aliphatic hydroxyl groups is 1. The molecular weight excluding hydrogens is 230 g/mol. The van der Waals surface area contributed by atoms with Crippen LogP contribution in [0.1, 0.15) is 30.6 Å². The van der Waals surface area contributed by atoms with E-state index in [9.17, 15) is 9.90 Å². The number of aromatic nitrogens is 1. The number of hydrogen-bond acceptors (Lipinski definition) is 4. The molecule has 2 atom stereocenters. The minimum atomic E-state index is -0.449. The van der Waals surface area contributed by atoms with Gasteiger partial charge in [-0.1, -0.05) is 20.3 Å². The van der Waals surface area contributed by atoms with Crippen molar-refractivity contribution >= 4 is 11.7 Å². The lowest BCUT2D eigenvalue weighted by atomic mass is 10.0. The van der Waals surface area contributed by atoms with Gasteiger partial charge in [0.1, 0.15) is 5.82 Å². The first kappa shape index (κ1) is 14.4. The van der Waals surface area contributed by atoms with E-state index in [1.165, 1.54) is 0 Å². The first-order valence-corrected chi connectivity index (χ1v) is 6.19. The Morgan fingerprint density at radius 3 is 2.89 bits per heavy atom. The Morgan fingerprint density at radius 1 is 1.56 bits per heavy atom. The van der Waals surface area contributed by atoms with Crippen LogP contribution in [0.5, 0.6) is 0 Å². The van der Waals surface area contributed by atoms with Gasteiger partial charge in [0, 0.05) is 19.8 Å². The number of anilines is 1. The lowest BCUT2D eigenvalue weighted by Crippen LogP contribution is -2.28. The number of carbonyl (C=O) groups is 1. The van der Waals surface area contributed by atoms with Crippen molar-refractivity contribution in [3.8, 4) is 0 Å². The van der Waals surface area contributed by atoms with Crippen LogP contribution in [0.4, 0.5) is 5.82 Å². The second-order valence-electron chi connectivity index (χ2n) is 4.31. The predicted octanol–water partition coefficient (Wildman–Crippen LogP) is 1.26. The molecule has 0 radical (unpaired) electrons. The Bertz CT molecular complexity index is 396. The SMILES string of the molecule is CCC(C)C(O)CNc1ncccc1C(=O)NC. The van der Waals surface area contributed by atoms with Crippen molar-refractivity contribution in [3.63, 3.8) is 0 Å². The third-order valence-corrected chi connectivity index (χ3v) is 3.06. The summed E-state index contributed by atoms with van der Waals surface area (Å²) in [5.74, 6) is 0.521. The highest BCUT2D eigenvalue weighted by atomic mass is 16.3. The molecule has 0 aliphatic rings. The molecule has 0 saturated carbocycles. The maximum Gasteiger partial charge on any atom is 0.254 e. The highest BCUT2D eigenvalue weighted by Gasteiger charge is 2.14. The van der Waals surface area contributed by atoms with E-state index in [0.717, 1.165) is 6.42 Å². The summed E-state index contributed by atoms with van der Waals surface area (Å²) < 4.78 is 0. The summed E-state index contributed by atoms with van der Waals surface area (Å²) in [5, 5.41) is 15.5. The van der Waals surface area contributed by atoms with E-state index in [-0.39, 0.29) is 11.8 Å². The highest BCUT2D eigenvalue weighted by molar-refractivity contribution is 5.98. The molecule has 0 bridgehead atoms. The van der Waals surface area contributed by atoms with Gasteiger partial charge < -0.3 is 15.7 Å². The molecule has 0 saturated heterocycles. The fourth-order valence-electron chi connectivity index (χ4n) is 1.54. The number of nitrogens with one attached hydrogen (secondary N) is 2. The minimum Gasteiger partial charge on any atom is -0.391 e. The predicted molar refractivity (Wildman–Crippen MR) is 71.6 cm³/mol. The molecule has 1 aromatic rings. The molecule has 5 heteroatoms. The van der Waals surface area contributed by atoms with E-state index >= 15 is 0 Å². The van der Waals surface area contributed by atoms with E-state index in [1.54, 1.807) is 25.4 Å². The average molecular weight is 251 g/mol. The van der Waals surface area contributed by atoms with Gasteiger partial charge in [-0.15, -0.1) is 0 Å². The smallest absolute Gasteiger partial charge is 0.254 e. The molecule has 1 aromatic heterocycles. The van der Waals surface area contributed by atoms with Crippen molar-refractivity contribution in [3.05, 3.63) is 23.9 Å². The maximum atomic E-state index is 11.6. The summed E-state index contributed by atoms with van der Waals surface area (Å²) in [6.45, 7) is 4.41. The highest BCUT2D eigenvalue weighted by Crippen LogP contribution is 2.13. The number of amides is 1. The fraction of sp³-hybridized carbons (Fsp3) is 0.538. The third-order valence-electron chi connectivity index (χ3n) is 3.06. The van der Waals surface area contributed by atoms with Crippen LogP contribution >= 0.6 is 0 Å². The van der Waals surface area contributed by atoms with Crippen LogP contribution in [-0.4, -0.2) is 35.7 Å². The summed E-state index contributed by atoms with van der Waals surface area (Å²) in [5.41, 5.74) is 0.483. The van der Waals surface area contributed by atoms with Crippen molar-refractivity contribution in [2.75, 3.05) is 18.9 Å². The van der Waals surface area contributed by atoms with Crippen LogP contribution in [0, 0.1) is 5.92 Å². The van der Waals surface area contributed by atoms with E-state index in [1.807, 2.05) is 13.8 Å². The number of aliphatic hydroxyl groups excluding tert-OH is 1. The van der Waals surface area contributed by atoms with Crippen LogP contribution < -0.4 is 10.6 Å². The average Bonchev–Trinajstić information content (AvgIpc) is 2.43. The summed E-state index contributed by atoms with van der Waals surface area (Å²) in [6, 6.07) is 3.41. The molecule has 5 nitrogen and oxygen atoms in total.